The summed E-state index contributed by atoms with van der Waals surface area (Å²) >= 11 is 0. The van der Waals surface area contributed by atoms with E-state index >= 15 is 0 Å². The molecule has 3 rings (SSSR count). The van der Waals surface area contributed by atoms with Gasteiger partial charge in [-0.1, -0.05) is 60.7 Å². The Hall–Kier alpha value is -2.62. The molecule has 1 amide bonds. The highest BCUT2D eigenvalue weighted by Crippen LogP contribution is 2.32. The zero-order chi connectivity index (χ0) is 16.9. The van der Waals surface area contributed by atoms with Gasteiger partial charge in [0.05, 0.1) is 12.0 Å². The Balaban J connectivity index is 1.78. The molecule has 1 fully saturated rings. The summed E-state index contributed by atoms with van der Waals surface area (Å²) in [5, 5.41) is 12.2. The third kappa shape index (κ3) is 3.65. The Kier molecular flexibility index (Phi) is 4.94. The third-order valence-electron chi connectivity index (χ3n) is 4.71. The molecule has 124 valence electrons. The van der Waals surface area contributed by atoms with Crippen molar-refractivity contribution >= 4 is 11.9 Å². The van der Waals surface area contributed by atoms with Crippen LogP contribution < -0.4 is 5.32 Å². The van der Waals surface area contributed by atoms with Crippen LogP contribution >= 0.6 is 0 Å². The second kappa shape index (κ2) is 7.30. The summed E-state index contributed by atoms with van der Waals surface area (Å²) < 4.78 is 0. The maximum absolute atomic E-state index is 12.7. The zero-order valence-electron chi connectivity index (χ0n) is 13.4. The molecule has 2 N–H and O–H groups in total. The molecule has 1 aliphatic rings. The van der Waals surface area contributed by atoms with E-state index in [1.165, 1.54) is 0 Å². The lowest BCUT2D eigenvalue weighted by atomic mass is 9.97. The van der Waals surface area contributed by atoms with E-state index < -0.39 is 11.9 Å². The average molecular weight is 323 g/mol. The smallest absolute Gasteiger partial charge is 0.306 e. The molecule has 0 heterocycles. The monoisotopic (exact) mass is 323 g/mol. The molecule has 2 atom stereocenters. The fourth-order valence-corrected chi connectivity index (χ4v) is 3.35. The fraction of sp³-hybridized carbons (Fsp3) is 0.300. The number of nitrogens with one attached hydrogen (secondary N) is 1. The fourth-order valence-electron chi connectivity index (χ4n) is 3.35. The topological polar surface area (TPSA) is 66.4 Å². The van der Waals surface area contributed by atoms with Gasteiger partial charge in [0.2, 0.25) is 5.91 Å². The minimum absolute atomic E-state index is 0.0588. The summed E-state index contributed by atoms with van der Waals surface area (Å²) in [6.07, 6.45) is 1.64. The van der Waals surface area contributed by atoms with E-state index in [1.807, 2.05) is 60.7 Å². The van der Waals surface area contributed by atoms with Gasteiger partial charge >= 0.3 is 5.97 Å². The summed E-state index contributed by atoms with van der Waals surface area (Å²) in [7, 11) is 0. The van der Waals surface area contributed by atoms with Crippen LogP contribution in [0.15, 0.2) is 60.7 Å². The molecule has 1 saturated carbocycles. The minimum atomic E-state index is -0.798. The van der Waals surface area contributed by atoms with E-state index in [0.29, 0.717) is 19.3 Å². The lowest BCUT2D eigenvalue weighted by Gasteiger charge is -2.22. The molecule has 0 radical (unpaired) electrons. The van der Waals surface area contributed by atoms with Crippen molar-refractivity contribution in [3.8, 4) is 0 Å². The first kappa shape index (κ1) is 16.2. The van der Waals surface area contributed by atoms with E-state index in [0.717, 1.165) is 11.1 Å². The second-order valence-electron chi connectivity index (χ2n) is 6.31. The maximum atomic E-state index is 12.7. The van der Waals surface area contributed by atoms with Gasteiger partial charge in [-0.15, -0.1) is 0 Å². The predicted molar refractivity (Wildman–Crippen MR) is 91.3 cm³/mol. The zero-order valence-corrected chi connectivity index (χ0v) is 13.4. The van der Waals surface area contributed by atoms with E-state index in [-0.39, 0.29) is 17.9 Å². The number of hydrogen-bond donors (Lipinski definition) is 2. The van der Waals surface area contributed by atoms with Crippen LogP contribution in [0.3, 0.4) is 0 Å². The standard InChI is InChI=1S/C20H21NO3/c22-19(16-11-12-17(13-16)20(23)24)21-18(14-7-3-1-4-8-14)15-9-5-2-6-10-15/h1-10,16-18H,11-13H2,(H,21,22)(H,23,24)/t16-,17+/m0/s1. The number of carbonyl (C=O) groups excluding carboxylic acids is 1. The quantitative estimate of drug-likeness (QED) is 0.886. The third-order valence-corrected chi connectivity index (χ3v) is 4.71. The number of rotatable bonds is 5. The number of benzene rings is 2. The van der Waals surface area contributed by atoms with Crippen LogP contribution in [0.4, 0.5) is 0 Å². The van der Waals surface area contributed by atoms with Crippen molar-refractivity contribution in [3.63, 3.8) is 0 Å². The number of aliphatic carboxylic acids is 1. The van der Waals surface area contributed by atoms with Crippen LogP contribution in [0.1, 0.15) is 36.4 Å². The summed E-state index contributed by atoms with van der Waals surface area (Å²) in [4.78, 5) is 23.8. The van der Waals surface area contributed by atoms with Crippen LogP contribution in [-0.2, 0) is 9.59 Å². The molecule has 4 nitrogen and oxygen atoms in total. The molecule has 0 saturated heterocycles. The molecular weight excluding hydrogens is 302 g/mol. The van der Waals surface area contributed by atoms with Crippen molar-refractivity contribution in [2.75, 3.05) is 0 Å². The van der Waals surface area contributed by atoms with Gasteiger partial charge in [-0.2, -0.15) is 0 Å². The first-order valence-electron chi connectivity index (χ1n) is 8.28. The van der Waals surface area contributed by atoms with Crippen LogP contribution in [0.5, 0.6) is 0 Å². The van der Waals surface area contributed by atoms with Crippen molar-refractivity contribution in [1.82, 2.24) is 5.32 Å². The molecule has 0 spiro atoms. The highest BCUT2D eigenvalue weighted by molar-refractivity contribution is 5.81. The van der Waals surface area contributed by atoms with Gasteiger partial charge in [0.25, 0.3) is 0 Å². The number of amides is 1. The van der Waals surface area contributed by atoms with Gasteiger partial charge in [0, 0.05) is 5.92 Å². The SMILES string of the molecule is O=C(O)[C@@H]1CC[C@H](C(=O)NC(c2ccccc2)c2ccccc2)C1. The lowest BCUT2D eigenvalue weighted by molar-refractivity contribution is -0.141. The summed E-state index contributed by atoms with van der Waals surface area (Å²) in [6, 6.07) is 19.5. The predicted octanol–water partition coefficient (Wildman–Crippen LogP) is 3.39. The van der Waals surface area contributed by atoms with E-state index in [2.05, 4.69) is 5.32 Å². The van der Waals surface area contributed by atoms with Gasteiger partial charge in [0.15, 0.2) is 0 Å². The Morgan fingerprint density at radius 1 is 0.875 bits per heavy atom. The first-order valence-corrected chi connectivity index (χ1v) is 8.28. The molecule has 2 aromatic carbocycles. The van der Waals surface area contributed by atoms with Crippen molar-refractivity contribution in [3.05, 3.63) is 71.8 Å². The molecule has 0 aromatic heterocycles. The maximum Gasteiger partial charge on any atom is 0.306 e. The van der Waals surface area contributed by atoms with Crippen molar-refractivity contribution in [2.24, 2.45) is 11.8 Å². The minimum Gasteiger partial charge on any atom is -0.481 e. The average Bonchev–Trinajstić information content (AvgIpc) is 3.11. The number of carbonyl (C=O) groups is 2. The molecule has 0 aliphatic heterocycles. The molecule has 4 heteroatoms. The Labute approximate surface area is 141 Å². The molecule has 24 heavy (non-hydrogen) atoms. The van der Waals surface area contributed by atoms with Crippen LogP contribution in [-0.4, -0.2) is 17.0 Å². The largest absolute Gasteiger partial charge is 0.481 e. The molecule has 0 bridgehead atoms. The normalized spacial score (nSPS) is 20.0. The van der Waals surface area contributed by atoms with E-state index in [1.54, 1.807) is 0 Å². The summed E-state index contributed by atoms with van der Waals surface area (Å²) in [6.45, 7) is 0. The van der Waals surface area contributed by atoms with Gasteiger partial charge in [-0.3, -0.25) is 9.59 Å². The van der Waals surface area contributed by atoms with Gasteiger partial charge in [-0.05, 0) is 30.4 Å². The molecule has 0 unspecified atom stereocenters. The van der Waals surface area contributed by atoms with E-state index in [9.17, 15) is 9.59 Å². The molecule has 1 aliphatic carbocycles. The van der Waals surface area contributed by atoms with Crippen LogP contribution in [0.2, 0.25) is 0 Å². The van der Waals surface area contributed by atoms with Gasteiger partial charge < -0.3 is 10.4 Å². The second-order valence-corrected chi connectivity index (χ2v) is 6.31. The van der Waals surface area contributed by atoms with Crippen LogP contribution in [0, 0.1) is 11.8 Å². The number of carboxylic acid groups (broad SMARTS) is 1. The van der Waals surface area contributed by atoms with Crippen LogP contribution in [0.25, 0.3) is 0 Å². The molecular formula is C20H21NO3. The van der Waals surface area contributed by atoms with Crippen molar-refractivity contribution in [1.29, 1.82) is 0 Å². The van der Waals surface area contributed by atoms with Crippen molar-refractivity contribution < 1.29 is 14.7 Å². The summed E-state index contributed by atoms with van der Waals surface area (Å²) in [5.74, 6) is -1.47. The highest BCUT2D eigenvalue weighted by Gasteiger charge is 2.34. The first-order chi connectivity index (χ1) is 11.6. The number of carboxylic acids is 1. The van der Waals surface area contributed by atoms with Gasteiger partial charge in [-0.25, -0.2) is 0 Å². The lowest BCUT2D eigenvalue weighted by Crippen LogP contribution is -2.34. The summed E-state index contributed by atoms with van der Waals surface area (Å²) in [5.41, 5.74) is 2.04. The Bertz CT molecular complexity index is 660. The number of hydrogen-bond acceptors (Lipinski definition) is 2. The Morgan fingerprint density at radius 3 is 1.83 bits per heavy atom. The highest BCUT2D eigenvalue weighted by atomic mass is 16.4. The van der Waals surface area contributed by atoms with Crippen molar-refractivity contribution in [2.45, 2.75) is 25.3 Å². The van der Waals surface area contributed by atoms with Gasteiger partial charge in [0.1, 0.15) is 0 Å². The Morgan fingerprint density at radius 2 is 1.38 bits per heavy atom. The molecule has 2 aromatic rings. The van der Waals surface area contributed by atoms with E-state index in [4.69, 9.17) is 5.11 Å².